The van der Waals surface area contributed by atoms with Crippen LogP contribution >= 0.6 is 0 Å². The average molecular weight is 370 g/mol. The molecule has 0 fully saturated rings. The van der Waals surface area contributed by atoms with Crippen molar-refractivity contribution >= 4 is 0 Å². The Hall–Kier alpha value is -2.20. The maximum Gasteiger partial charge on any atom is 0.129 e. The van der Waals surface area contributed by atoms with Gasteiger partial charge in [0.15, 0.2) is 0 Å². The SMILES string of the molecule is CCOc1ccc2c(c1)C(O)C(C)C(c1ccc(OCCC(C)C)cc1)O2. The second-order valence-corrected chi connectivity index (χ2v) is 7.58. The minimum absolute atomic E-state index is 0.0675. The van der Waals surface area contributed by atoms with E-state index in [9.17, 15) is 5.11 Å². The fourth-order valence-electron chi connectivity index (χ4n) is 3.35. The van der Waals surface area contributed by atoms with E-state index in [1.165, 1.54) is 0 Å². The Bertz CT molecular complexity index is 739. The largest absolute Gasteiger partial charge is 0.494 e. The van der Waals surface area contributed by atoms with E-state index in [-0.39, 0.29) is 12.0 Å². The van der Waals surface area contributed by atoms with Gasteiger partial charge >= 0.3 is 0 Å². The standard InChI is InChI=1S/C23H30O4/c1-5-25-19-10-11-21-20(14-19)22(24)16(4)23(27-21)17-6-8-18(9-7-17)26-13-12-15(2)3/h6-11,14-16,22-24H,5,12-13H2,1-4H3. The van der Waals surface area contributed by atoms with Gasteiger partial charge in [-0.1, -0.05) is 32.9 Å². The Morgan fingerprint density at radius 2 is 1.74 bits per heavy atom. The first-order valence-electron chi connectivity index (χ1n) is 9.83. The van der Waals surface area contributed by atoms with Crippen LogP contribution in [0.5, 0.6) is 17.2 Å². The maximum absolute atomic E-state index is 10.8. The summed E-state index contributed by atoms with van der Waals surface area (Å²) in [6.07, 6.45) is 0.244. The Balaban J connectivity index is 1.73. The lowest BCUT2D eigenvalue weighted by molar-refractivity contribution is 0.00739. The van der Waals surface area contributed by atoms with E-state index < -0.39 is 6.10 Å². The molecule has 0 amide bonds. The highest BCUT2D eigenvalue weighted by molar-refractivity contribution is 5.44. The lowest BCUT2D eigenvalue weighted by atomic mass is 9.85. The number of aliphatic hydroxyl groups is 1. The van der Waals surface area contributed by atoms with Crippen LogP contribution in [0.2, 0.25) is 0 Å². The minimum Gasteiger partial charge on any atom is -0.494 e. The molecule has 2 aromatic rings. The molecular weight excluding hydrogens is 340 g/mol. The van der Waals surface area contributed by atoms with Crippen LogP contribution in [-0.2, 0) is 0 Å². The molecule has 0 bridgehead atoms. The summed E-state index contributed by atoms with van der Waals surface area (Å²) in [6.45, 7) is 9.66. The van der Waals surface area contributed by atoms with E-state index in [0.717, 1.165) is 35.7 Å². The summed E-state index contributed by atoms with van der Waals surface area (Å²) in [5.74, 6) is 2.90. The first-order valence-corrected chi connectivity index (χ1v) is 9.83. The summed E-state index contributed by atoms with van der Waals surface area (Å²) in [5, 5.41) is 10.8. The van der Waals surface area contributed by atoms with Gasteiger partial charge in [0.1, 0.15) is 23.4 Å². The first kappa shape index (κ1) is 19.6. The number of hydrogen-bond donors (Lipinski definition) is 1. The highest BCUT2D eigenvalue weighted by Gasteiger charge is 2.35. The van der Waals surface area contributed by atoms with E-state index in [0.29, 0.717) is 18.3 Å². The van der Waals surface area contributed by atoms with Gasteiger partial charge in [0.05, 0.1) is 19.3 Å². The smallest absolute Gasteiger partial charge is 0.129 e. The normalized spacial score (nSPS) is 21.5. The Kier molecular flexibility index (Phi) is 6.27. The van der Waals surface area contributed by atoms with Gasteiger partial charge < -0.3 is 19.3 Å². The van der Waals surface area contributed by atoms with Gasteiger partial charge in [0.25, 0.3) is 0 Å². The van der Waals surface area contributed by atoms with Crippen LogP contribution in [0.1, 0.15) is 57.5 Å². The third-order valence-corrected chi connectivity index (χ3v) is 5.01. The van der Waals surface area contributed by atoms with Crippen LogP contribution in [0.25, 0.3) is 0 Å². The number of aliphatic hydroxyl groups excluding tert-OH is 1. The van der Waals surface area contributed by atoms with Gasteiger partial charge in [0.2, 0.25) is 0 Å². The summed E-state index contributed by atoms with van der Waals surface area (Å²) >= 11 is 0. The summed E-state index contributed by atoms with van der Waals surface area (Å²) in [5.41, 5.74) is 1.83. The third-order valence-electron chi connectivity index (χ3n) is 5.01. The van der Waals surface area contributed by atoms with E-state index in [4.69, 9.17) is 14.2 Å². The summed E-state index contributed by atoms with van der Waals surface area (Å²) in [7, 11) is 0. The number of ether oxygens (including phenoxy) is 3. The molecule has 0 aliphatic carbocycles. The van der Waals surface area contributed by atoms with Gasteiger partial charge in [-0.15, -0.1) is 0 Å². The summed E-state index contributed by atoms with van der Waals surface area (Å²) in [4.78, 5) is 0. The molecule has 27 heavy (non-hydrogen) atoms. The molecule has 0 saturated heterocycles. The van der Waals surface area contributed by atoms with Gasteiger partial charge in [-0.25, -0.2) is 0 Å². The van der Waals surface area contributed by atoms with Crippen LogP contribution in [0.15, 0.2) is 42.5 Å². The molecule has 0 radical (unpaired) electrons. The number of fused-ring (bicyclic) bond motifs is 1. The van der Waals surface area contributed by atoms with Crippen LogP contribution in [0.3, 0.4) is 0 Å². The zero-order valence-electron chi connectivity index (χ0n) is 16.6. The van der Waals surface area contributed by atoms with E-state index in [1.54, 1.807) is 0 Å². The van der Waals surface area contributed by atoms with Crippen molar-refractivity contribution in [2.45, 2.75) is 46.3 Å². The van der Waals surface area contributed by atoms with Crippen molar-refractivity contribution in [1.82, 2.24) is 0 Å². The zero-order valence-corrected chi connectivity index (χ0v) is 16.6. The molecule has 3 atom stereocenters. The zero-order chi connectivity index (χ0) is 19.4. The van der Waals surface area contributed by atoms with E-state index >= 15 is 0 Å². The topological polar surface area (TPSA) is 47.9 Å². The van der Waals surface area contributed by atoms with Crippen molar-refractivity contribution in [3.05, 3.63) is 53.6 Å². The van der Waals surface area contributed by atoms with Crippen LogP contribution in [0.4, 0.5) is 0 Å². The Morgan fingerprint density at radius 1 is 1.04 bits per heavy atom. The van der Waals surface area contributed by atoms with Gasteiger partial charge in [-0.2, -0.15) is 0 Å². The van der Waals surface area contributed by atoms with Crippen molar-refractivity contribution in [2.24, 2.45) is 11.8 Å². The van der Waals surface area contributed by atoms with Crippen LogP contribution in [-0.4, -0.2) is 18.3 Å². The second-order valence-electron chi connectivity index (χ2n) is 7.58. The number of hydrogen-bond acceptors (Lipinski definition) is 4. The molecule has 0 aromatic heterocycles. The summed E-state index contributed by atoms with van der Waals surface area (Å²) < 4.78 is 17.6. The molecule has 3 rings (SSSR count). The van der Waals surface area contributed by atoms with Gasteiger partial charge in [-0.3, -0.25) is 0 Å². The predicted molar refractivity (Wildman–Crippen MR) is 106 cm³/mol. The van der Waals surface area contributed by atoms with Crippen molar-refractivity contribution in [2.75, 3.05) is 13.2 Å². The van der Waals surface area contributed by atoms with E-state index in [2.05, 4.69) is 13.8 Å². The highest BCUT2D eigenvalue weighted by Crippen LogP contribution is 2.45. The minimum atomic E-state index is -0.596. The monoisotopic (exact) mass is 370 g/mol. The van der Waals surface area contributed by atoms with Crippen LogP contribution in [0, 0.1) is 11.8 Å². The molecule has 1 aliphatic heterocycles. The summed E-state index contributed by atoms with van der Waals surface area (Å²) in [6, 6.07) is 13.6. The fourth-order valence-corrected chi connectivity index (χ4v) is 3.35. The molecule has 1 heterocycles. The molecule has 146 valence electrons. The molecule has 3 unspecified atom stereocenters. The quantitative estimate of drug-likeness (QED) is 0.717. The van der Waals surface area contributed by atoms with Gasteiger partial charge in [0, 0.05) is 11.5 Å². The molecule has 4 heteroatoms. The predicted octanol–water partition coefficient (Wildman–Crippen LogP) is 5.31. The van der Waals surface area contributed by atoms with Crippen molar-refractivity contribution in [3.8, 4) is 17.2 Å². The third kappa shape index (κ3) is 4.56. The van der Waals surface area contributed by atoms with Crippen molar-refractivity contribution in [3.63, 3.8) is 0 Å². The molecule has 2 aromatic carbocycles. The maximum atomic E-state index is 10.8. The second kappa shape index (κ2) is 8.66. The lowest BCUT2D eigenvalue weighted by Gasteiger charge is -2.35. The highest BCUT2D eigenvalue weighted by atomic mass is 16.5. The molecule has 4 nitrogen and oxygen atoms in total. The average Bonchev–Trinajstić information content (AvgIpc) is 2.66. The van der Waals surface area contributed by atoms with Crippen LogP contribution < -0.4 is 14.2 Å². The fraction of sp³-hybridized carbons (Fsp3) is 0.478. The van der Waals surface area contributed by atoms with Crippen molar-refractivity contribution in [1.29, 1.82) is 0 Å². The molecule has 1 N–H and O–H groups in total. The van der Waals surface area contributed by atoms with Gasteiger partial charge in [-0.05, 0) is 55.2 Å². The number of rotatable bonds is 7. The molecule has 0 spiro atoms. The number of benzene rings is 2. The van der Waals surface area contributed by atoms with Crippen molar-refractivity contribution < 1.29 is 19.3 Å². The lowest BCUT2D eigenvalue weighted by Crippen LogP contribution is -2.27. The first-order chi connectivity index (χ1) is 13.0. The molecule has 0 saturated carbocycles. The molecular formula is C23H30O4. The van der Waals surface area contributed by atoms with E-state index in [1.807, 2.05) is 56.3 Å². The molecule has 1 aliphatic rings. The Morgan fingerprint density at radius 3 is 2.41 bits per heavy atom. The Labute approximate surface area is 162 Å².